The van der Waals surface area contributed by atoms with Gasteiger partial charge < -0.3 is 9.84 Å². The quantitative estimate of drug-likeness (QED) is 0.448. The van der Waals surface area contributed by atoms with E-state index in [2.05, 4.69) is 4.74 Å². The Labute approximate surface area is 53.9 Å². The van der Waals surface area contributed by atoms with Gasteiger partial charge >= 0.3 is 5.97 Å². The topological polar surface area (TPSA) is 46.5 Å². The minimum absolute atomic E-state index is 0.248. The van der Waals surface area contributed by atoms with Gasteiger partial charge in [-0.15, -0.1) is 0 Å². The molecule has 0 atom stereocenters. The van der Waals surface area contributed by atoms with Crippen molar-refractivity contribution in [2.45, 2.75) is 13.8 Å². The number of allylic oxidation sites excluding steroid dienone is 1. The first-order valence-electron chi connectivity index (χ1n) is 2.54. The first-order chi connectivity index (χ1) is 4.09. The molecule has 0 rings (SSSR count). The Hall–Kier alpha value is -0.990. The van der Waals surface area contributed by atoms with Crippen LogP contribution in [0.5, 0.6) is 0 Å². The van der Waals surface area contributed by atoms with E-state index >= 15 is 0 Å². The van der Waals surface area contributed by atoms with E-state index < -0.39 is 5.97 Å². The summed E-state index contributed by atoms with van der Waals surface area (Å²) in [6.45, 7) is 3.12. The van der Waals surface area contributed by atoms with Gasteiger partial charge in [-0.05, 0) is 13.8 Å². The van der Waals surface area contributed by atoms with Crippen molar-refractivity contribution >= 4 is 5.97 Å². The van der Waals surface area contributed by atoms with Crippen molar-refractivity contribution in [3.05, 3.63) is 11.3 Å². The zero-order chi connectivity index (χ0) is 7.44. The number of carboxylic acids is 1. The summed E-state index contributed by atoms with van der Waals surface area (Å²) in [5.41, 5.74) is 0.248. The number of carboxylic acid groups (broad SMARTS) is 1. The molecule has 0 aromatic rings. The molecule has 0 aromatic carbocycles. The third-order valence-corrected chi connectivity index (χ3v) is 1.16. The van der Waals surface area contributed by atoms with Crippen molar-refractivity contribution in [1.82, 2.24) is 0 Å². The Balaban J connectivity index is 4.28. The fraction of sp³-hybridized carbons (Fsp3) is 0.500. The van der Waals surface area contributed by atoms with Gasteiger partial charge in [0.15, 0.2) is 0 Å². The minimum Gasteiger partial charge on any atom is -0.501 e. The number of methoxy groups -OCH3 is 1. The molecule has 1 N–H and O–H groups in total. The lowest BCUT2D eigenvalue weighted by Gasteiger charge is -1.99. The number of carbonyl (C=O) groups is 1. The first kappa shape index (κ1) is 8.01. The smallest absolute Gasteiger partial charge is 0.334 e. The second-order valence-electron chi connectivity index (χ2n) is 1.69. The van der Waals surface area contributed by atoms with Gasteiger partial charge in [0.05, 0.1) is 12.7 Å². The third-order valence-electron chi connectivity index (χ3n) is 1.16. The van der Waals surface area contributed by atoms with E-state index in [-0.39, 0.29) is 5.57 Å². The highest BCUT2D eigenvalue weighted by Gasteiger charge is 2.03. The van der Waals surface area contributed by atoms with Gasteiger partial charge in [0.25, 0.3) is 0 Å². The summed E-state index contributed by atoms with van der Waals surface area (Å²) in [5.74, 6) is -0.489. The van der Waals surface area contributed by atoms with Crippen LogP contribution in [0.1, 0.15) is 13.8 Å². The van der Waals surface area contributed by atoms with Gasteiger partial charge in [-0.25, -0.2) is 4.79 Å². The van der Waals surface area contributed by atoms with Crippen molar-refractivity contribution < 1.29 is 14.6 Å². The number of hydrogen-bond donors (Lipinski definition) is 1. The average Bonchev–Trinajstić information content (AvgIpc) is 1.84. The second kappa shape index (κ2) is 3.12. The summed E-state index contributed by atoms with van der Waals surface area (Å²) in [6.07, 6.45) is 0. The number of hydrogen-bond acceptors (Lipinski definition) is 2. The fourth-order valence-corrected chi connectivity index (χ4v) is 0.304. The summed E-state index contributed by atoms with van der Waals surface area (Å²) in [5, 5.41) is 8.35. The maximum atomic E-state index is 10.2. The average molecular weight is 130 g/mol. The maximum Gasteiger partial charge on any atom is 0.334 e. The van der Waals surface area contributed by atoms with Crippen molar-refractivity contribution in [1.29, 1.82) is 0 Å². The number of rotatable bonds is 2. The van der Waals surface area contributed by atoms with E-state index in [0.717, 1.165) is 0 Å². The molecule has 0 spiro atoms. The largest absolute Gasteiger partial charge is 0.501 e. The molecular weight excluding hydrogens is 120 g/mol. The van der Waals surface area contributed by atoms with E-state index in [1.54, 1.807) is 6.92 Å². The standard InChI is InChI=1S/C6H10O3/c1-4(6(7)8)5(2)9-3/h1-3H3,(H,7,8)/b5-4-. The Bertz CT molecular complexity index is 146. The van der Waals surface area contributed by atoms with Crippen LogP contribution in [0.4, 0.5) is 0 Å². The van der Waals surface area contributed by atoms with Gasteiger partial charge in [0.2, 0.25) is 0 Å². The molecular formula is C6H10O3. The molecule has 0 bridgehead atoms. The van der Waals surface area contributed by atoms with Gasteiger partial charge in [0, 0.05) is 0 Å². The maximum absolute atomic E-state index is 10.2. The summed E-state index contributed by atoms with van der Waals surface area (Å²) < 4.78 is 4.67. The molecule has 0 unspecified atom stereocenters. The summed E-state index contributed by atoms with van der Waals surface area (Å²) in [6, 6.07) is 0. The Morgan fingerprint density at radius 1 is 1.44 bits per heavy atom. The molecule has 3 nitrogen and oxygen atoms in total. The van der Waals surface area contributed by atoms with Crippen LogP contribution in [0.15, 0.2) is 11.3 Å². The van der Waals surface area contributed by atoms with Gasteiger partial charge in [-0.2, -0.15) is 0 Å². The van der Waals surface area contributed by atoms with Crippen molar-refractivity contribution in [2.24, 2.45) is 0 Å². The zero-order valence-corrected chi connectivity index (χ0v) is 5.76. The summed E-state index contributed by atoms with van der Waals surface area (Å²) in [7, 11) is 1.45. The summed E-state index contributed by atoms with van der Waals surface area (Å²) >= 11 is 0. The predicted molar refractivity (Wildman–Crippen MR) is 33.0 cm³/mol. The van der Waals surface area contributed by atoms with Gasteiger partial charge in [-0.1, -0.05) is 0 Å². The molecule has 0 heterocycles. The zero-order valence-electron chi connectivity index (χ0n) is 5.76. The molecule has 0 saturated carbocycles. The molecule has 0 radical (unpaired) electrons. The lowest BCUT2D eigenvalue weighted by Crippen LogP contribution is -2.00. The molecule has 0 fully saturated rings. The molecule has 0 aliphatic heterocycles. The van der Waals surface area contributed by atoms with Crippen LogP contribution in [-0.4, -0.2) is 18.2 Å². The molecule has 3 heteroatoms. The van der Waals surface area contributed by atoms with Crippen molar-refractivity contribution in [3.8, 4) is 0 Å². The normalized spacial score (nSPS) is 12.3. The summed E-state index contributed by atoms with van der Waals surface area (Å²) in [4.78, 5) is 10.2. The monoisotopic (exact) mass is 130 g/mol. The predicted octanol–water partition coefficient (Wildman–Crippen LogP) is 1.01. The Morgan fingerprint density at radius 2 is 1.89 bits per heavy atom. The first-order valence-corrected chi connectivity index (χ1v) is 2.54. The van der Waals surface area contributed by atoms with Gasteiger partial charge in [-0.3, -0.25) is 0 Å². The van der Waals surface area contributed by atoms with Crippen LogP contribution < -0.4 is 0 Å². The van der Waals surface area contributed by atoms with Crippen LogP contribution in [0.25, 0.3) is 0 Å². The molecule has 52 valence electrons. The molecule has 0 aliphatic carbocycles. The lowest BCUT2D eigenvalue weighted by atomic mass is 10.3. The van der Waals surface area contributed by atoms with Crippen LogP contribution in [0, 0.1) is 0 Å². The highest BCUT2D eigenvalue weighted by Crippen LogP contribution is 2.02. The Kier molecular flexibility index (Phi) is 2.78. The van der Waals surface area contributed by atoms with Crippen LogP contribution in [0.2, 0.25) is 0 Å². The fourth-order valence-electron chi connectivity index (χ4n) is 0.304. The second-order valence-corrected chi connectivity index (χ2v) is 1.69. The van der Waals surface area contributed by atoms with E-state index in [0.29, 0.717) is 5.76 Å². The molecule has 0 aliphatic rings. The van der Waals surface area contributed by atoms with E-state index in [9.17, 15) is 4.79 Å². The van der Waals surface area contributed by atoms with Crippen molar-refractivity contribution in [2.75, 3.05) is 7.11 Å². The Morgan fingerprint density at radius 3 is 2.00 bits per heavy atom. The van der Waals surface area contributed by atoms with Crippen molar-refractivity contribution in [3.63, 3.8) is 0 Å². The van der Waals surface area contributed by atoms with E-state index in [1.165, 1.54) is 14.0 Å². The number of aliphatic carboxylic acids is 1. The molecule has 0 amide bonds. The highest BCUT2D eigenvalue weighted by molar-refractivity contribution is 5.86. The SMILES string of the molecule is CO/C(C)=C(/C)C(=O)O. The minimum atomic E-state index is -0.936. The van der Waals surface area contributed by atoms with Crippen LogP contribution in [0.3, 0.4) is 0 Å². The van der Waals surface area contributed by atoms with E-state index in [1.807, 2.05) is 0 Å². The van der Waals surface area contributed by atoms with Crippen LogP contribution >= 0.6 is 0 Å². The van der Waals surface area contributed by atoms with E-state index in [4.69, 9.17) is 5.11 Å². The highest BCUT2D eigenvalue weighted by atomic mass is 16.5. The van der Waals surface area contributed by atoms with Gasteiger partial charge in [0.1, 0.15) is 5.76 Å². The third kappa shape index (κ3) is 2.17. The van der Waals surface area contributed by atoms with Crippen LogP contribution in [-0.2, 0) is 9.53 Å². The lowest BCUT2D eigenvalue weighted by molar-refractivity contribution is -0.132. The molecule has 0 aromatic heterocycles. The molecule has 9 heavy (non-hydrogen) atoms. The number of ether oxygens (including phenoxy) is 1. The molecule has 0 saturated heterocycles.